The maximum atomic E-state index is 3.50. The van der Waals surface area contributed by atoms with Crippen molar-refractivity contribution in [3.8, 4) is 11.3 Å². The van der Waals surface area contributed by atoms with E-state index in [0.29, 0.717) is 0 Å². The Kier molecular flexibility index (Phi) is 6.74. The van der Waals surface area contributed by atoms with Crippen molar-refractivity contribution in [2.45, 2.75) is 41.5 Å². The van der Waals surface area contributed by atoms with Gasteiger partial charge in [-0.05, 0) is 31.0 Å². The average molecular weight is 281 g/mol. The molecule has 0 spiro atoms. The van der Waals surface area contributed by atoms with Crippen LogP contribution < -0.4 is 0 Å². The van der Waals surface area contributed by atoms with Gasteiger partial charge < -0.3 is 4.98 Å². The van der Waals surface area contributed by atoms with Gasteiger partial charge in [-0.2, -0.15) is 0 Å². The normalized spacial score (nSPS) is 9.43. The molecule has 0 saturated carbocycles. The number of H-pyrrole nitrogens is 1. The molecule has 0 radical (unpaired) electrons. The quantitative estimate of drug-likeness (QED) is 0.523. The number of rotatable bonds is 1. The highest BCUT2D eigenvalue weighted by Crippen LogP contribution is 2.29. The van der Waals surface area contributed by atoms with Crippen LogP contribution in [0.1, 0.15) is 38.8 Å². The molecule has 1 aromatic heterocycles. The lowest BCUT2D eigenvalue weighted by molar-refractivity contribution is 1.39. The number of aryl methyl sites for hydroxylation is 2. The average Bonchev–Trinajstić information content (AvgIpc) is 2.90. The van der Waals surface area contributed by atoms with E-state index in [9.17, 15) is 0 Å². The Morgan fingerprint density at radius 2 is 1.29 bits per heavy atom. The van der Waals surface area contributed by atoms with E-state index in [0.717, 1.165) is 0 Å². The molecule has 0 aliphatic heterocycles. The van der Waals surface area contributed by atoms with Gasteiger partial charge in [-0.1, -0.05) is 75.7 Å². The van der Waals surface area contributed by atoms with Gasteiger partial charge in [0.2, 0.25) is 0 Å². The topological polar surface area (TPSA) is 15.8 Å². The van der Waals surface area contributed by atoms with Crippen LogP contribution in [0, 0.1) is 13.8 Å². The second-order valence-corrected chi connectivity index (χ2v) is 4.54. The van der Waals surface area contributed by atoms with E-state index >= 15 is 0 Å². The highest BCUT2D eigenvalue weighted by atomic mass is 14.7. The predicted molar refractivity (Wildman–Crippen MR) is 95.9 cm³/mol. The van der Waals surface area contributed by atoms with Gasteiger partial charge in [0.15, 0.2) is 0 Å². The molecule has 21 heavy (non-hydrogen) atoms. The van der Waals surface area contributed by atoms with Gasteiger partial charge >= 0.3 is 0 Å². The fraction of sp³-hybridized carbons (Fsp3) is 0.300. The molecule has 1 heterocycles. The molecule has 0 unspecified atom stereocenters. The lowest BCUT2D eigenvalue weighted by Crippen LogP contribution is -1.80. The first kappa shape index (κ1) is 17.0. The third kappa shape index (κ3) is 3.75. The van der Waals surface area contributed by atoms with Gasteiger partial charge in [-0.3, -0.25) is 0 Å². The Hall–Kier alpha value is -2.02. The molecular formula is C20H27N. The molecule has 0 aliphatic rings. The maximum absolute atomic E-state index is 3.50. The van der Waals surface area contributed by atoms with Gasteiger partial charge in [-0.15, -0.1) is 0 Å². The van der Waals surface area contributed by atoms with Crippen molar-refractivity contribution in [2.75, 3.05) is 0 Å². The Morgan fingerprint density at radius 1 is 0.714 bits per heavy atom. The molecule has 0 fully saturated rings. The third-order valence-corrected chi connectivity index (χ3v) is 3.31. The van der Waals surface area contributed by atoms with Crippen LogP contribution in [0.4, 0.5) is 0 Å². The van der Waals surface area contributed by atoms with Crippen molar-refractivity contribution >= 4 is 10.9 Å². The van der Waals surface area contributed by atoms with E-state index in [2.05, 4.69) is 67.4 Å². The van der Waals surface area contributed by atoms with Crippen molar-refractivity contribution in [1.82, 2.24) is 4.98 Å². The van der Waals surface area contributed by atoms with E-state index in [1.54, 1.807) is 0 Å². The molecule has 0 atom stereocenters. The minimum atomic E-state index is 1.21. The van der Waals surface area contributed by atoms with Crippen LogP contribution in [0.5, 0.6) is 0 Å². The van der Waals surface area contributed by atoms with Crippen LogP contribution in [0.25, 0.3) is 22.2 Å². The highest BCUT2D eigenvalue weighted by Gasteiger charge is 2.08. The Balaban J connectivity index is 0.000000510. The van der Waals surface area contributed by atoms with Crippen molar-refractivity contribution in [1.29, 1.82) is 0 Å². The number of nitrogens with one attached hydrogen (secondary N) is 1. The summed E-state index contributed by atoms with van der Waals surface area (Å²) < 4.78 is 0. The van der Waals surface area contributed by atoms with Crippen LogP contribution in [0.3, 0.4) is 0 Å². The molecular weight excluding hydrogens is 254 g/mol. The number of hydrogen-bond donors (Lipinski definition) is 1. The first-order valence-electron chi connectivity index (χ1n) is 7.90. The van der Waals surface area contributed by atoms with E-state index < -0.39 is 0 Å². The SMILES string of the molecule is CC.CC.Cc1ccc(-c2[nH]c3ccccc3c2C)cc1. The number of hydrogen-bond acceptors (Lipinski definition) is 0. The van der Waals surface area contributed by atoms with Gasteiger partial charge in [0.25, 0.3) is 0 Å². The number of para-hydroxylation sites is 1. The Bertz CT molecular complexity index is 660. The minimum Gasteiger partial charge on any atom is -0.354 e. The van der Waals surface area contributed by atoms with E-state index in [-0.39, 0.29) is 0 Å². The summed E-state index contributed by atoms with van der Waals surface area (Å²) in [6.07, 6.45) is 0. The standard InChI is InChI=1S/C16H15N.2C2H6/c1-11-7-9-13(10-8-11)16-12(2)14-5-3-4-6-15(14)17-16;2*1-2/h3-10,17H,1-2H3;2*1-2H3. The second-order valence-electron chi connectivity index (χ2n) is 4.54. The summed E-state index contributed by atoms with van der Waals surface area (Å²) in [7, 11) is 0. The summed E-state index contributed by atoms with van der Waals surface area (Å²) in [4.78, 5) is 3.50. The number of fused-ring (bicyclic) bond motifs is 1. The van der Waals surface area contributed by atoms with Crippen LogP contribution in [-0.4, -0.2) is 4.98 Å². The zero-order chi connectivity index (χ0) is 15.8. The lowest BCUT2D eigenvalue weighted by atomic mass is 10.1. The summed E-state index contributed by atoms with van der Waals surface area (Å²) in [5.41, 5.74) is 6.31. The van der Waals surface area contributed by atoms with Crippen LogP contribution in [0.15, 0.2) is 48.5 Å². The molecule has 1 nitrogen and oxygen atoms in total. The molecule has 1 heteroatoms. The molecule has 112 valence electrons. The molecule has 0 aliphatic carbocycles. The third-order valence-electron chi connectivity index (χ3n) is 3.31. The monoisotopic (exact) mass is 281 g/mol. The van der Waals surface area contributed by atoms with Crippen LogP contribution in [0.2, 0.25) is 0 Å². The second kappa shape index (κ2) is 8.31. The molecule has 2 aromatic carbocycles. The van der Waals surface area contributed by atoms with Gasteiger partial charge in [0, 0.05) is 16.6 Å². The fourth-order valence-corrected chi connectivity index (χ4v) is 2.29. The number of benzene rings is 2. The first-order valence-corrected chi connectivity index (χ1v) is 7.90. The van der Waals surface area contributed by atoms with Gasteiger partial charge in [-0.25, -0.2) is 0 Å². The summed E-state index contributed by atoms with van der Waals surface area (Å²) in [5.74, 6) is 0. The Labute approximate surface area is 129 Å². The lowest BCUT2D eigenvalue weighted by Gasteiger charge is -2.01. The van der Waals surface area contributed by atoms with Crippen molar-refractivity contribution < 1.29 is 0 Å². The molecule has 1 N–H and O–H groups in total. The fourth-order valence-electron chi connectivity index (χ4n) is 2.29. The predicted octanol–water partition coefficient (Wildman–Crippen LogP) is 6.50. The van der Waals surface area contributed by atoms with Gasteiger partial charge in [0.1, 0.15) is 0 Å². The Morgan fingerprint density at radius 3 is 1.86 bits per heavy atom. The van der Waals surface area contributed by atoms with E-state index in [4.69, 9.17) is 0 Å². The van der Waals surface area contributed by atoms with Crippen LogP contribution in [-0.2, 0) is 0 Å². The van der Waals surface area contributed by atoms with E-state index in [1.807, 2.05) is 27.7 Å². The summed E-state index contributed by atoms with van der Waals surface area (Å²) in [6, 6.07) is 17.1. The van der Waals surface area contributed by atoms with Gasteiger partial charge in [0.05, 0.1) is 0 Å². The maximum Gasteiger partial charge on any atom is 0.0494 e. The summed E-state index contributed by atoms with van der Waals surface area (Å²) in [5, 5.41) is 1.31. The van der Waals surface area contributed by atoms with Crippen molar-refractivity contribution in [3.05, 3.63) is 59.7 Å². The zero-order valence-corrected chi connectivity index (χ0v) is 14.1. The minimum absolute atomic E-state index is 1.21. The van der Waals surface area contributed by atoms with Crippen molar-refractivity contribution in [3.63, 3.8) is 0 Å². The zero-order valence-electron chi connectivity index (χ0n) is 14.1. The smallest absolute Gasteiger partial charge is 0.0494 e. The molecule has 0 amide bonds. The molecule has 3 rings (SSSR count). The largest absolute Gasteiger partial charge is 0.354 e. The van der Waals surface area contributed by atoms with Crippen LogP contribution >= 0.6 is 0 Å². The summed E-state index contributed by atoms with van der Waals surface area (Å²) >= 11 is 0. The molecule has 0 saturated heterocycles. The highest BCUT2D eigenvalue weighted by molar-refractivity contribution is 5.90. The molecule has 0 bridgehead atoms. The van der Waals surface area contributed by atoms with E-state index in [1.165, 1.54) is 33.3 Å². The summed E-state index contributed by atoms with van der Waals surface area (Å²) in [6.45, 7) is 12.3. The number of aromatic nitrogens is 1. The number of aromatic amines is 1. The first-order chi connectivity index (χ1) is 10.3. The van der Waals surface area contributed by atoms with Crippen molar-refractivity contribution in [2.24, 2.45) is 0 Å². The molecule has 3 aromatic rings.